The Hall–Kier alpha value is -1.60. The molecule has 0 saturated carbocycles. The molecule has 1 nitrogen and oxygen atoms in total. The van der Waals surface area contributed by atoms with E-state index in [9.17, 15) is 0 Å². The van der Waals surface area contributed by atoms with Crippen LogP contribution in [0.2, 0.25) is 0 Å². The maximum atomic E-state index is 2.62. The van der Waals surface area contributed by atoms with Crippen molar-refractivity contribution in [3.63, 3.8) is 0 Å². The molecule has 0 radical (unpaired) electrons. The maximum Gasteiger partial charge on any atom is 0.0145 e. The molecule has 2 atom stereocenters. The van der Waals surface area contributed by atoms with Gasteiger partial charge in [-0.25, -0.2) is 0 Å². The average molecular weight is 279 g/mol. The molecular weight excluding hydrogens is 254 g/mol. The van der Waals surface area contributed by atoms with Crippen molar-refractivity contribution in [2.75, 3.05) is 13.1 Å². The highest BCUT2D eigenvalue weighted by Gasteiger charge is 2.30. The van der Waals surface area contributed by atoms with Crippen LogP contribution in [0.4, 0.5) is 0 Å². The van der Waals surface area contributed by atoms with Crippen molar-refractivity contribution < 1.29 is 0 Å². The second-order valence-electron chi connectivity index (χ2n) is 5.98. The van der Waals surface area contributed by atoms with Crippen LogP contribution in [0.1, 0.15) is 42.9 Å². The van der Waals surface area contributed by atoms with Gasteiger partial charge in [-0.1, -0.05) is 68.4 Å². The van der Waals surface area contributed by atoms with Gasteiger partial charge in [0.25, 0.3) is 0 Å². The lowest BCUT2D eigenvalue weighted by Crippen LogP contribution is -2.40. The first-order valence-electron chi connectivity index (χ1n) is 8.20. The minimum absolute atomic E-state index is 0.543. The predicted octanol–water partition coefficient (Wildman–Crippen LogP) is 4.48. The molecule has 0 aliphatic heterocycles. The molecule has 0 saturated heterocycles. The Labute approximate surface area is 128 Å². The third kappa shape index (κ3) is 2.89. The monoisotopic (exact) mass is 279 g/mol. The van der Waals surface area contributed by atoms with E-state index in [-0.39, 0.29) is 0 Å². The van der Waals surface area contributed by atoms with Gasteiger partial charge >= 0.3 is 0 Å². The molecule has 110 valence electrons. The smallest absolute Gasteiger partial charge is 0.0145 e. The van der Waals surface area contributed by atoms with Crippen LogP contribution in [-0.4, -0.2) is 24.0 Å². The summed E-state index contributed by atoms with van der Waals surface area (Å²) in [4.78, 5) is 2.62. The molecule has 0 spiro atoms. The molecule has 0 N–H and O–H groups in total. The van der Waals surface area contributed by atoms with Crippen LogP contribution < -0.4 is 0 Å². The van der Waals surface area contributed by atoms with Gasteiger partial charge in [-0.2, -0.15) is 0 Å². The highest BCUT2D eigenvalue weighted by Crippen LogP contribution is 2.38. The highest BCUT2D eigenvalue weighted by molar-refractivity contribution is 5.40. The molecule has 0 bridgehead atoms. The summed E-state index contributed by atoms with van der Waals surface area (Å²) in [7, 11) is 0. The SMILES string of the molecule is CCN(CC)C1Cc2ccccc2C(c2ccccc2)C1. The number of likely N-dealkylation sites (N-methyl/N-ethyl adjacent to an activating group) is 1. The second kappa shape index (κ2) is 6.44. The zero-order chi connectivity index (χ0) is 14.7. The molecule has 0 aromatic heterocycles. The van der Waals surface area contributed by atoms with Crippen molar-refractivity contribution in [2.24, 2.45) is 0 Å². The molecule has 21 heavy (non-hydrogen) atoms. The Morgan fingerprint density at radius 1 is 0.905 bits per heavy atom. The molecular formula is C20H25N. The topological polar surface area (TPSA) is 3.24 Å². The zero-order valence-corrected chi connectivity index (χ0v) is 13.1. The summed E-state index contributed by atoms with van der Waals surface area (Å²) in [6.45, 7) is 6.85. The van der Waals surface area contributed by atoms with E-state index in [1.807, 2.05) is 0 Å². The summed E-state index contributed by atoms with van der Waals surface area (Å²) >= 11 is 0. The largest absolute Gasteiger partial charge is 0.301 e. The standard InChI is InChI=1S/C20H25N/c1-3-21(4-2)18-14-17-12-8-9-13-19(17)20(15-18)16-10-6-5-7-11-16/h5-13,18,20H,3-4,14-15H2,1-2H3. The van der Waals surface area contributed by atoms with Crippen molar-refractivity contribution in [3.8, 4) is 0 Å². The van der Waals surface area contributed by atoms with Crippen molar-refractivity contribution in [3.05, 3.63) is 71.3 Å². The summed E-state index contributed by atoms with van der Waals surface area (Å²) in [6, 6.07) is 20.7. The van der Waals surface area contributed by atoms with Crippen molar-refractivity contribution >= 4 is 0 Å². The lowest BCUT2D eigenvalue weighted by atomic mass is 9.76. The first kappa shape index (κ1) is 14.3. The van der Waals surface area contributed by atoms with Gasteiger partial charge < -0.3 is 4.90 Å². The van der Waals surface area contributed by atoms with Gasteiger partial charge in [0.05, 0.1) is 0 Å². The van der Waals surface area contributed by atoms with Crippen LogP contribution in [-0.2, 0) is 6.42 Å². The van der Waals surface area contributed by atoms with E-state index in [0.717, 1.165) is 13.1 Å². The second-order valence-corrected chi connectivity index (χ2v) is 5.98. The number of fused-ring (bicyclic) bond motifs is 1. The third-order valence-corrected chi connectivity index (χ3v) is 4.92. The zero-order valence-electron chi connectivity index (χ0n) is 13.1. The lowest BCUT2D eigenvalue weighted by molar-refractivity contribution is 0.192. The fraction of sp³-hybridized carbons (Fsp3) is 0.400. The van der Waals surface area contributed by atoms with Crippen LogP contribution in [0.15, 0.2) is 54.6 Å². The molecule has 2 unspecified atom stereocenters. The van der Waals surface area contributed by atoms with Crippen LogP contribution in [0.25, 0.3) is 0 Å². The van der Waals surface area contributed by atoms with Crippen LogP contribution in [0, 0.1) is 0 Å². The molecule has 0 heterocycles. The van der Waals surface area contributed by atoms with Crippen molar-refractivity contribution in [1.82, 2.24) is 4.90 Å². The summed E-state index contributed by atoms with van der Waals surface area (Å²) in [6.07, 6.45) is 2.43. The summed E-state index contributed by atoms with van der Waals surface area (Å²) < 4.78 is 0. The van der Waals surface area contributed by atoms with E-state index < -0.39 is 0 Å². The van der Waals surface area contributed by atoms with E-state index in [0.29, 0.717) is 12.0 Å². The first-order chi connectivity index (χ1) is 10.3. The molecule has 1 aliphatic rings. The third-order valence-electron chi connectivity index (χ3n) is 4.92. The van der Waals surface area contributed by atoms with Gasteiger partial charge in [0.15, 0.2) is 0 Å². The normalized spacial score (nSPS) is 21.3. The van der Waals surface area contributed by atoms with Crippen LogP contribution in [0.5, 0.6) is 0 Å². The maximum absolute atomic E-state index is 2.62. The number of nitrogens with zero attached hydrogens (tertiary/aromatic N) is 1. The molecule has 2 aromatic rings. The predicted molar refractivity (Wildman–Crippen MR) is 89.8 cm³/mol. The number of hydrogen-bond donors (Lipinski definition) is 0. The van der Waals surface area contributed by atoms with Gasteiger partial charge in [-0.3, -0.25) is 0 Å². The molecule has 2 aromatic carbocycles. The van der Waals surface area contributed by atoms with E-state index in [1.165, 1.54) is 29.5 Å². The molecule has 1 aliphatic carbocycles. The minimum atomic E-state index is 0.543. The molecule has 0 fully saturated rings. The van der Waals surface area contributed by atoms with Gasteiger partial charge in [0.2, 0.25) is 0 Å². The van der Waals surface area contributed by atoms with Gasteiger partial charge in [-0.15, -0.1) is 0 Å². The first-order valence-corrected chi connectivity index (χ1v) is 8.20. The van der Waals surface area contributed by atoms with Gasteiger partial charge in [0.1, 0.15) is 0 Å². The molecule has 1 heteroatoms. The summed E-state index contributed by atoms with van der Waals surface area (Å²) in [5, 5.41) is 0. The van der Waals surface area contributed by atoms with Crippen LogP contribution >= 0.6 is 0 Å². The van der Waals surface area contributed by atoms with Crippen LogP contribution in [0.3, 0.4) is 0 Å². The van der Waals surface area contributed by atoms with E-state index >= 15 is 0 Å². The Bertz CT molecular complexity index is 571. The number of hydrogen-bond acceptors (Lipinski definition) is 1. The Morgan fingerprint density at radius 2 is 1.57 bits per heavy atom. The van der Waals surface area contributed by atoms with Gasteiger partial charge in [0, 0.05) is 12.0 Å². The summed E-state index contributed by atoms with van der Waals surface area (Å²) in [5.41, 5.74) is 4.53. The Morgan fingerprint density at radius 3 is 2.29 bits per heavy atom. The van der Waals surface area contributed by atoms with Crippen molar-refractivity contribution in [1.29, 1.82) is 0 Å². The Kier molecular flexibility index (Phi) is 4.40. The van der Waals surface area contributed by atoms with E-state index in [4.69, 9.17) is 0 Å². The fourth-order valence-corrected chi connectivity index (χ4v) is 3.82. The highest BCUT2D eigenvalue weighted by atomic mass is 15.1. The molecule has 3 rings (SSSR count). The quantitative estimate of drug-likeness (QED) is 0.798. The fourth-order valence-electron chi connectivity index (χ4n) is 3.82. The number of benzene rings is 2. The minimum Gasteiger partial charge on any atom is -0.301 e. The lowest BCUT2D eigenvalue weighted by Gasteiger charge is -2.38. The Balaban J connectivity index is 1.98. The molecule has 0 amide bonds. The number of rotatable bonds is 4. The average Bonchev–Trinajstić information content (AvgIpc) is 2.56. The summed E-state index contributed by atoms with van der Waals surface area (Å²) in [5.74, 6) is 0.543. The van der Waals surface area contributed by atoms with Crippen molar-refractivity contribution in [2.45, 2.75) is 38.6 Å². The van der Waals surface area contributed by atoms with E-state index in [2.05, 4.69) is 73.3 Å². The van der Waals surface area contributed by atoms with E-state index in [1.54, 1.807) is 0 Å². The van der Waals surface area contributed by atoms with Gasteiger partial charge in [-0.05, 0) is 42.6 Å².